The van der Waals surface area contributed by atoms with Gasteiger partial charge in [-0.25, -0.2) is 0 Å². The number of amides is 2. The third kappa shape index (κ3) is 4.98. The molecule has 0 aliphatic heterocycles. The molecule has 3 aromatic rings. The molecule has 132 valence electrons. The number of carbonyl (C=O) groups excluding carboxylic acids is 2. The second-order valence-corrected chi connectivity index (χ2v) is 5.49. The van der Waals surface area contributed by atoms with E-state index in [1.54, 1.807) is 30.3 Å². The second-order valence-electron chi connectivity index (χ2n) is 5.49. The van der Waals surface area contributed by atoms with Crippen LogP contribution in [0.25, 0.3) is 0 Å². The number of rotatable bonds is 7. The van der Waals surface area contributed by atoms with Gasteiger partial charge in [0.05, 0.1) is 18.5 Å². The number of hydrogen-bond donors (Lipinski definition) is 2. The maximum Gasteiger partial charge on any atom is 0.233 e. The Morgan fingerprint density at radius 3 is 2.42 bits per heavy atom. The summed E-state index contributed by atoms with van der Waals surface area (Å²) in [4.78, 5) is 24.0. The van der Waals surface area contributed by atoms with Gasteiger partial charge in [0.15, 0.2) is 5.75 Å². The van der Waals surface area contributed by atoms with Crippen LogP contribution in [0.4, 0.5) is 5.69 Å². The monoisotopic (exact) mass is 350 g/mol. The fourth-order valence-electron chi connectivity index (χ4n) is 2.28. The molecule has 2 N–H and O–H groups in total. The largest absolute Gasteiger partial charge is 0.467 e. The van der Waals surface area contributed by atoms with Gasteiger partial charge in [-0.05, 0) is 36.4 Å². The van der Waals surface area contributed by atoms with Gasteiger partial charge >= 0.3 is 0 Å². The topological polar surface area (TPSA) is 80.6 Å². The zero-order chi connectivity index (χ0) is 18.2. The first kappa shape index (κ1) is 17.3. The summed E-state index contributed by atoms with van der Waals surface area (Å²) in [5.74, 6) is 0.972. The molecule has 6 nitrogen and oxygen atoms in total. The molecule has 0 saturated heterocycles. The van der Waals surface area contributed by atoms with E-state index in [0.717, 1.165) is 0 Å². The lowest BCUT2D eigenvalue weighted by Crippen LogP contribution is -2.27. The molecule has 0 bridgehead atoms. The molecule has 1 heterocycles. The Bertz CT molecular complexity index is 861. The summed E-state index contributed by atoms with van der Waals surface area (Å²) in [7, 11) is 0. The normalized spacial score (nSPS) is 10.2. The lowest BCUT2D eigenvalue weighted by molar-refractivity contribution is -0.127. The van der Waals surface area contributed by atoms with Crippen LogP contribution in [0, 0.1) is 0 Å². The van der Waals surface area contributed by atoms with Gasteiger partial charge in [-0.15, -0.1) is 0 Å². The number of nitrogens with one attached hydrogen (secondary N) is 2. The van der Waals surface area contributed by atoms with Gasteiger partial charge < -0.3 is 19.8 Å². The van der Waals surface area contributed by atoms with Gasteiger partial charge in [0.25, 0.3) is 0 Å². The minimum absolute atomic E-state index is 0.243. The molecule has 3 rings (SSSR count). The Balaban J connectivity index is 1.56. The minimum atomic E-state index is -0.425. The first-order valence-electron chi connectivity index (χ1n) is 8.11. The molecule has 0 spiro atoms. The molecule has 0 unspecified atom stereocenters. The quantitative estimate of drug-likeness (QED) is 0.637. The van der Waals surface area contributed by atoms with E-state index >= 15 is 0 Å². The number of furan rings is 1. The van der Waals surface area contributed by atoms with Crippen LogP contribution >= 0.6 is 0 Å². The van der Waals surface area contributed by atoms with E-state index in [-0.39, 0.29) is 18.9 Å². The Kier molecular flexibility index (Phi) is 5.67. The van der Waals surface area contributed by atoms with Gasteiger partial charge in [0, 0.05) is 0 Å². The van der Waals surface area contributed by atoms with Crippen LogP contribution in [-0.2, 0) is 16.1 Å². The predicted octanol–water partition coefficient (Wildman–Crippen LogP) is 3.72. The van der Waals surface area contributed by atoms with Crippen LogP contribution in [0.15, 0.2) is 77.4 Å². The average Bonchev–Trinajstić information content (AvgIpc) is 3.16. The smallest absolute Gasteiger partial charge is 0.233 e. The van der Waals surface area contributed by atoms with E-state index in [1.165, 1.54) is 6.26 Å². The number of benzene rings is 2. The minimum Gasteiger partial charge on any atom is -0.467 e. The standard InChI is InChI=1S/C20H18N2O4/c23-19(21-14-16-9-6-12-25-16)13-20(24)22-17-10-4-5-11-18(17)26-15-7-2-1-3-8-15/h1-12H,13-14H2,(H,21,23)(H,22,24). The molecule has 26 heavy (non-hydrogen) atoms. The first-order chi connectivity index (χ1) is 12.7. The van der Waals surface area contributed by atoms with Crippen molar-refractivity contribution in [2.75, 3.05) is 5.32 Å². The van der Waals surface area contributed by atoms with Gasteiger partial charge in [0.2, 0.25) is 11.8 Å². The fraction of sp³-hybridized carbons (Fsp3) is 0.100. The lowest BCUT2D eigenvalue weighted by Gasteiger charge is -2.12. The molecule has 6 heteroatoms. The van der Waals surface area contributed by atoms with Gasteiger partial charge in [0.1, 0.15) is 17.9 Å². The molecule has 0 saturated carbocycles. The summed E-state index contributed by atoms with van der Waals surface area (Å²) in [6.07, 6.45) is 1.23. The number of carbonyl (C=O) groups is 2. The zero-order valence-electron chi connectivity index (χ0n) is 14.0. The first-order valence-corrected chi connectivity index (χ1v) is 8.11. The third-order valence-electron chi connectivity index (χ3n) is 3.49. The molecule has 2 amide bonds. The number of ether oxygens (including phenoxy) is 1. The zero-order valence-corrected chi connectivity index (χ0v) is 14.0. The molecule has 0 aliphatic rings. The number of para-hydroxylation sites is 3. The van der Waals surface area contributed by atoms with Crippen LogP contribution in [-0.4, -0.2) is 11.8 Å². The number of anilines is 1. The Morgan fingerprint density at radius 2 is 1.65 bits per heavy atom. The van der Waals surface area contributed by atoms with Crippen LogP contribution in [0.1, 0.15) is 12.2 Å². The highest BCUT2D eigenvalue weighted by molar-refractivity contribution is 6.04. The Morgan fingerprint density at radius 1 is 0.885 bits per heavy atom. The summed E-state index contributed by atoms with van der Waals surface area (Å²) < 4.78 is 10.9. The van der Waals surface area contributed by atoms with Crippen LogP contribution in [0.5, 0.6) is 11.5 Å². The van der Waals surface area contributed by atoms with Gasteiger partial charge in [-0.2, -0.15) is 0 Å². The summed E-state index contributed by atoms with van der Waals surface area (Å²) in [6, 6.07) is 19.8. The van der Waals surface area contributed by atoms with Crippen LogP contribution < -0.4 is 15.4 Å². The summed E-state index contributed by atoms with van der Waals surface area (Å²) in [5.41, 5.74) is 0.500. The van der Waals surface area contributed by atoms with E-state index in [4.69, 9.17) is 9.15 Å². The highest BCUT2D eigenvalue weighted by atomic mass is 16.5. The highest BCUT2D eigenvalue weighted by Gasteiger charge is 2.12. The number of hydrogen-bond acceptors (Lipinski definition) is 4. The SMILES string of the molecule is O=C(CC(=O)Nc1ccccc1Oc1ccccc1)NCc1ccco1. The van der Waals surface area contributed by atoms with Crippen molar-refractivity contribution in [3.05, 3.63) is 78.8 Å². The van der Waals surface area contributed by atoms with E-state index in [2.05, 4.69) is 10.6 Å². The molecule has 0 radical (unpaired) electrons. The van der Waals surface area contributed by atoms with E-state index in [0.29, 0.717) is 22.9 Å². The van der Waals surface area contributed by atoms with E-state index in [1.807, 2.05) is 36.4 Å². The molecule has 2 aromatic carbocycles. The molecule has 0 fully saturated rings. The molecular weight excluding hydrogens is 332 g/mol. The Hall–Kier alpha value is -3.54. The van der Waals surface area contributed by atoms with Crippen molar-refractivity contribution in [3.63, 3.8) is 0 Å². The Labute approximate surface area is 150 Å². The molecule has 0 aliphatic carbocycles. The van der Waals surface area contributed by atoms with Gasteiger partial charge in [-0.3, -0.25) is 9.59 Å². The van der Waals surface area contributed by atoms with E-state index < -0.39 is 5.91 Å². The molecular formula is C20H18N2O4. The van der Waals surface area contributed by atoms with Crippen molar-refractivity contribution in [3.8, 4) is 11.5 Å². The van der Waals surface area contributed by atoms with Crippen LogP contribution in [0.3, 0.4) is 0 Å². The van der Waals surface area contributed by atoms with Crippen molar-refractivity contribution >= 4 is 17.5 Å². The average molecular weight is 350 g/mol. The lowest BCUT2D eigenvalue weighted by atomic mass is 10.2. The molecule has 0 atom stereocenters. The predicted molar refractivity (Wildman–Crippen MR) is 96.8 cm³/mol. The summed E-state index contributed by atoms with van der Waals surface area (Å²) >= 11 is 0. The van der Waals surface area contributed by atoms with Crippen molar-refractivity contribution < 1.29 is 18.7 Å². The summed E-state index contributed by atoms with van der Waals surface area (Å²) in [6.45, 7) is 0.243. The van der Waals surface area contributed by atoms with Crippen molar-refractivity contribution in [1.29, 1.82) is 0 Å². The van der Waals surface area contributed by atoms with Crippen LogP contribution in [0.2, 0.25) is 0 Å². The maximum atomic E-state index is 12.1. The maximum absolute atomic E-state index is 12.1. The van der Waals surface area contributed by atoms with E-state index in [9.17, 15) is 9.59 Å². The van der Waals surface area contributed by atoms with Gasteiger partial charge in [-0.1, -0.05) is 30.3 Å². The fourth-order valence-corrected chi connectivity index (χ4v) is 2.28. The third-order valence-corrected chi connectivity index (χ3v) is 3.49. The van der Waals surface area contributed by atoms with Crippen molar-refractivity contribution in [2.24, 2.45) is 0 Å². The highest BCUT2D eigenvalue weighted by Crippen LogP contribution is 2.29. The summed E-state index contributed by atoms with van der Waals surface area (Å²) in [5, 5.41) is 5.34. The van der Waals surface area contributed by atoms with Crippen molar-refractivity contribution in [1.82, 2.24) is 5.32 Å². The molecule has 1 aromatic heterocycles. The second kappa shape index (κ2) is 8.53. The van der Waals surface area contributed by atoms with Crippen molar-refractivity contribution in [2.45, 2.75) is 13.0 Å².